The zero-order chi connectivity index (χ0) is 19.3. The number of amides is 1. The Bertz CT molecular complexity index is 943. The molecule has 0 saturated heterocycles. The topological polar surface area (TPSA) is 128 Å². The number of benzene rings is 2. The van der Waals surface area contributed by atoms with E-state index in [4.69, 9.17) is 4.74 Å². The van der Waals surface area contributed by atoms with Gasteiger partial charge in [-0.2, -0.15) is 0 Å². The second-order valence-electron chi connectivity index (χ2n) is 5.13. The summed E-state index contributed by atoms with van der Waals surface area (Å²) in [5, 5.41) is 13.4. The van der Waals surface area contributed by atoms with Crippen molar-refractivity contribution in [3.8, 4) is 5.75 Å². The van der Waals surface area contributed by atoms with Gasteiger partial charge in [0.2, 0.25) is 0 Å². The molecule has 10 heteroatoms. The Morgan fingerprint density at radius 1 is 1.23 bits per heavy atom. The molecule has 0 heterocycles. The van der Waals surface area contributed by atoms with Crippen molar-refractivity contribution in [2.75, 3.05) is 18.4 Å². The number of carbonyl (C=O) groups excluding carboxylic acids is 1. The van der Waals surface area contributed by atoms with E-state index < -0.39 is 20.9 Å². The molecular formula is C16H17N3O6S. The van der Waals surface area contributed by atoms with Crippen molar-refractivity contribution in [1.29, 1.82) is 0 Å². The highest BCUT2D eigenvalue weighted by atomic mass is 32.2. The molecule has 0 bridgehead atoms. The molecule has 0 spiro atoms. The molecule has 0 aliphatic heterocycles. The second-order valence-corrected chi connectivity index (χ2v) is 6.82. The van der Waals surface area contributed by atoms with Gasteiger partial charge < -0.3 is 10.1 Å². The first-order chi connectivity index (χ1) is 12.3. The number of nitrogens with zero attached hydrogens (tertiary/aromatic N) is 1. The molecule has 0 saturated carbocycles. The Morgan fingerprint density at radius 2 is 1.96 bits per heavy atom. The molecule has 1 amide bonds. The van der Waals surface area contributed by atoms with Crippen LogP contribution in [0, 0.1) is 10.1 Å². The summed E-state index contributed by atoms with van der Waals surface area (Å²) < 4.78 is 32.5. The molecule has 0 unspecified atom stereocenters. The fourth-order valence-electron chi connectivity index (χ4n) is 2.18. The Labute approximate surface area is 150 Å². The standard InChI is InChI=1S/C16H17N3O6S/c1-3-17-16(20)14-10-13(7-8-15(14)25-2)26(23,24)18-11-5-4-6-12(9-11)19(21)22/h4-10,18H,3H2,1-2H3,(H,17,20). The third-order valence-electron chi connectivity index (χ3n) is 3.37. The predicted molar refractivity (Wildman–Crippen MR) is 94.9 cm³/mol. The van der Waals surface area contributed by atoms with Crippen LogP contribution in [0.5, 0.6) is 5.75 Å². The largest absolute Gasteiger partial charge is 0.496 e. The smallest absolute Gasteiger partial charge is 0.271 e. The van der Waals surface area contributed by atoms with Crippen LogP contribution in [-0.2, 0) is 10.0 Å². The monoisotopic (exact) mass is 379 g/mol. The molecule has 0 radical (unpaired) electrons. The maximum atomic E-state index is 12.6. The van der Waals surface area contributed by atoms with Crippen molar-refractivity contribution in [1.82, 2.24) is 5.32 Å². The van der Waals surface area contributed by atoms with Gasteiger partial charge in [-0.25, -0.2) is 8.42 Å². The summed E-state index contributed by atoms with van der Waals surface area (Å²) in [6.45, 7) is 2.10. The van der Waals surface area contributed by atoms with Crippen LogP contribution in [0.2, 0.25) is 0 Å². The van der Waals surface area contributed by atoms with E-state index >= 15 is 0 Å². The van der Waals surface area contributed by atoms with Gasteiger partial charge in [-0.1, -0.05) is 6.07 Å². The molecule has 2 aromatic carbocycles. The van der Waals surface area contributed by atoms with Crippen molar-refractivity contribution in [2.24, 2.45) is 0 Å². The number of sulfonamides is 1. The molecule has 2 N–H and O–H groups in total. The van der Waals surface area contributed by atoms with Crippen LogP contribution in [0.1, 0.15) is 17.3 Å². The summed E-state index contributed by atoms with van der Waals surface area (Å²) in [6.07, 6.45) is 0. The Hall–Kier alpha value is -3.14. The van der Waals surface area contributed by atoms with Gasteiger partial charge in [0.05, 0.1) is 28.2 Å². The van der Waals surface area contributed by atoms with E-state index in [9.17, 15) is 23.3 Å². The van der Waals surface area contributed by atoms with Crippen molar-refractivity contribution in [2.45, 2.75) is 11.8 Å². The van der Waals surface area contributed by atoms with E-state index in [2.05, 4.69) is 10.0 Å². The van der Waals surface area contributed by atoms with Crippen LogP contribution in [0.3, 0.4) is 0 Å². The zero-order valence-corrected chi connectivity index (χ0v) is 14.9. The summed E-state index contributed by atoms with van der Waals surface area (Å²) >= 11 is 0. The van der Waals surface area contributed by atoms with E-state index in [1.807, 2.05) is 0 Å². The minimum absolute atomic E-state index is 0.0366. The summed E-state index contributed by atoms with van der Waals surface area (Å²) in [5.41, 5.74) is -0.145. The van der Waals surface area contributed by atoms with Crippen LogP contribution in [-0.4, -0.2) is 32.9 Å². The van der Waals surface area contributed by atoms with E-state index in [1.165, 1.54) is 43.5 Å². The molecule has 138 valence electrons. The first-order valence-corrected chi connectivity index (χ1v) is 9.00. The Kier molecular flexibility index (Phi) is 5.78. The minimum atomic E-state index is -4.06. The quantitative estimate of drug-likeness (QED) is 0.560. The Balaban J connectivity index is 2.40. The number of carbonyl (C=O) groups is 1. The number of nitro groups is 1. The van der Waals surface area contributed by atoms with E-state index in [0.29, 0.717) is 6.54 Å². The van der Waals surface area contributed by atoms with Crippen LogP contribution < -0.4 is 14.8 Å². The van der Waals surface area contributed by atoms with Gasteiger partial charge in [0, 0.05) is 18.7 Å². The van der Waals surface area contributed by atoms with Crippen LogP contribution in [0.25, 0.3) is 0 Å². The number of ether oxygens (including phenoxy) is 1. The molecule has 0 aromatic heterocycles. The number of methoxy groups -OCH3 is 1. The first kappa shape index (κ1) is 19.2. The van der Waals surface area contributed by atoms with E-state index in [1.54, 1.807) is 6.92 Å². The summed E-state index contributed by atoms with van der Waals surface area (Å²) in [5.74, 6) is -0.248. The molecule has 0 atom stereocenters. The lowest BCUT2D eigenvalue weighted by molar-refractivity contribution is -0.384. The lowest BCUT2D eigenvalue weighted by atomic mass is 10.2. The second kappa shape index (κ2) is 7.83. The maximum Gasteiger partial charge on any atom is 0.271 e. The molecule has 0 fully saturated rings. The molecule has 0 aliphatic carbocycles. The number of hydrogen-bond donors (Lipinski definition) is 2. The summed E-state index contributed by atoms with van der Waals surface area (Å²) in [4.78, 5) is 22.1. The fourth-order valence-corrected chi connectivity index (χ4v) is 3.26. The molecule has 9 nitrogen and oxygen atoms in total. The van der Waals surface area contributed by atoms with Crippen molar-refractivity contribution >= 4 is 27.3 Å². The van der Waals surface area contributed by atoms with Crippen molar-refractivity contribution < 1.29 is 22.9 Å². The van der Waals surface area contributed by atoms with Crippen molar-refractivity contribution in [3.05, 3.63) is 58.1 Å². The van der Waals surface area contributed by atoms with Crippen molar-refractivity contribution in [3.63, 3.8) is 0 Å². The number of hydrogen-bond acceptors (Lipinski definition) is 6. The molecule has 26 heavy (non-hydrogen) atoms. The lowest BCUT2D eigenvalue weighted by Crippen LogP contribution is -2.24. The highest BCUT2D eigenvalue weighted by molar-refractivity contribution is 7.92. The first-order valence-electron chi connectivity index (χ1n) is 7.52. The van der Waals surface area contributed by atoms with Gasteiger partial charge in [-0.15, -0.1) is 0 Å². The highest BCUT2D eigenvalue weighted by Gasteiger charge is 2.20. The number of rotatable bonds is 7. The van der Waals surface area contributed by atoms with Crippen LogP contribution >= 0.6 is 0 Å². The van der Waals surface area contributed by atoms with Gasteiger partial charge in [0.25, 0.3) is 21.6 Å². The number of nitro benzene ring substituents is 1. The van der Waals surface area contributed by atoms with E-state index in [-0.39, 0.29) is 27.6 Å². The molecule has 0 aliphatic rings. The summed E-state index contributed by atoms with van der Waals surface area (Å²) in [6, 6.07) is 8.93. The number of anilines is 1. The van der Waals surface area contributed by atoms with E-state index in [0.717, 1.165) is 6.07 Å². The summed E-state index contributed by atoms with van der Waals surface area (Å²) in [7, 11) is -2.69. The fraction of sp³-hybridized carbons (Fsp3) is 0.188. The van der Waals surface area contributed by atoms with Gasteiger partial charge >= 0.3 is 0 Å². The Morgan fingerprint density at radius 3 is 2.58 bits per heavy atom. The normalized spacial score (nSPS) is 10.8. The average Bonchev–Trinajstić information content (AvgIpc) is 2.61. The maximum absolute atomic E-state index is 12.6. The van der Waals surface area contributed by atoms with Gasteiger partial charge in [-0.3, -0.25) is 19.6 Å². The van der Waals surface area contributed by atoms with Gasteiger partial charge in [-0.05, 0) is 31.2 Å². The predicted octanol–water partition coefficient (Wildman–Crippen LogP) is 2.15. The number of nitrogens with one attached hydrogen (secondary N) is 2. The van der Waals surface area contributed by atoms with Crippen LogP contribution in [0.4, 0.5) is 11.4 Å². The average molecular weight is 379 g/mol. The lowest BCUT2D eigenvalue weighted by Gasteiger charge is -2.12. The molecular weight excluding hydrogens is 362 g/mol. The zero-order valence-electron chi connectivity index (χ0n) is 14.1. The SMILES string of the molecule is CCNC(=O)c1cc(S(=O)(=O)Nc2cccc([N+](=O)[O-])c2)ccc1OC. The number of non-ortho nitro benzene ring substituents is 1. The highest BCUT2D eigenvalue weighted by Crippen LogP contribution is 2.25. The van der Waals surface area contributed by atoms with Gasteiger partial charge in [0.1, 0.15) is 5.75 Å². The third-order valence-corrected chi connectivity index (χ3v) is 4.75. The molecule has 2 rings (SSSR count). The molecule has 2 aromatic rings. The third kappa shape index (κ3) is 4.28. The van der Waals surface area contributed by atoms with Gasteiger partial charge in [0.15, 0.2) is 0 Å². The van der Waals surface area contributed by atoms with Crippen LogP contribution in [0.15, 0.2) is 47.4 Å². The minimum Gasteiger partial charge on any atom is -0.496 e.